The molecular formula is C21H27BrFN3O4. The number of ether oxygens (including phenoxy) is 1. The summed E-state index contributed by atoms with van der Waals surface area (Å²) < 4.78 is 20.8. The number of halogens is 2. The SMILES string of the molecule is C=CCCCCc1ccc(Br)nc1NC(=O)C1CC(F)(COCC=C)CN1C(=O)O. The van der Waals surface area contributed by atoms with E-state index < -0.39 is 30.3 Å². The molecule has 2 rings (SSSR count). The van der Waals surface area contributed by atoms with Gasteiger partial charge in [0.1, 0.15) is 16.5 Å². The molecule has 2 N–H and O–H groups in total. The Morgan fingerprint density at radius 2 is 2.17 bits per heavy atom. The normalized spacial score (nSPS) is 20.7. The van der Waals surface area contributed by atoms with E-state index in [1.165, 1.54) is 6.08 Å². The van der Waals surface area contributed by atoms with E-state index in [4.69, 9.17) is 4.74 Å². The number of nitrogens with zero attached hydrogens (tertiary/aromatic N) is 2. The molecule has 2 atom stereocenters. The molecule has 9 heteroatoms. The molecule has 164 valence electrons. The lowest BCUT2D eigenvalue weighted by Gasteiger charge is -2.21. The van der Waals surface area contributed by atoms with Crippen molar-refractivity contribution >= 4 is 33.7 Å². The van der Waals surface area contributed by atoms with Gasteiger partial charge in [0.2, 0.25) is 5.91 Å². The number of hydrogen-bond donors (Lipinski definition) is 2. The molecule has 1 fully saturated rings. The van der Waals surface area contributed by atoms with Crippen LogP contribution >= 0.6 is 15.9 Å². The molecule has 1 aromatic rings. The zero-order valence-corrected chi connectivity index (χ0v) is 18.4. The minimum absolute atomic E-state index is 0.146. The Labute approximate surface area is 184 Å². The van der Waals surface area contributed by atoms with Gasteiger partial charge in [0.15, 0.2) is 5.67 Å². The average molecular weight is 484 g/mol. The van der Waals surface area contributed by atoms with Gasteiger partial charge >= 0.3 is 6.09 Å². The van der Waals surface area contributed by atoms with Crippen molar-refractivity contribution in [3.8, 4) is 0 Å². The van der Waals surface area contributed by atoms with Gasteiger partial charge in [-0.3, -0.25) is 9.69 Å². The maximum absolute atomic E-state index is 15.1. The van der Waals surface area contributed by atoms with Crippen LogP contribution in [0.25, 0.3) is 0 Å². The summed E-state index contributed by atoms with van der Waals surface area (Å²) in [5.74, 6) is -0.267. The van der Waals surface area contributed by atoms with Crippen LogP contribution in [-0.2, 0) is 16.0 Å². The highest BCUT2D eigenvalue weighted by molar-refractivity contribution is 9.10. The molecule has 0 aromatic carbocycles. The maximum atomic E-state index is 15.1. The van der Waals surface area contributed by atoms with Crippen LogP contribution in [0.5, 0.6) is 0 Å². The van der Waals surface area contributed by atoms with Crippen LogP contribution in [0.15, 0.2) is 42.0 Å². The Kier molecular flexibility index (Phi) is 8.98. The van der Waals surface area contributed by atoms with Gasteiger partial charge in [-0.15, -0.1) is 13.2 Å². The highest BCUT2D eigenvalue weighted by Gasteiger charge is 2.50. The van der Waals surface area contributed by atoms with Gasteiger partial charge in [-0.1, -0.05) is 18.2 Å². The first-order chi connectivity index (χ1) is 14.3. The zero-order valence-electron chi connectivity index (χ0n) is 16.8. The molecule has 1 aliphatic heterocycles. The number of anilines is 1. The number of allylic oxidation sites excluding steroid dienone is 1. The number of hydrogen-bond acceptors (Lipinski definition) is 4. The van der Waals surface area contributed by atoms with Gasteiger partial charge in [0.05, 0.1) is 19.8 Å². The minimum atomic E-state index is -1.94. The van der Waals surface area contributed by atoms with Crippen LogP contribution in [0.1, 0.15) is 31.2 Å². The van der Waals surface area contributed by atoms with Crippen molar-refractivity contribution in [1.29, 1.82) is 0 Å². The van der Waals surface area contributed by atoms with Gasteiger partial charge in [0, 0.05) is 6.42 Å². The van der Waals surface area contributed by atoms with E-state index in [9.17, 15) is 14.7 Å². The fourth-order valence-corrected chi connectivity index (χ4v) is 3.69. The predicted octanol–water partition coefficient (Wildman–Crippen LogP) is 4.34. The average Bonchev–Trinajstić information content (AvgIpc) is 3.05. The number of unbranched alkanes of at least 4 members (excludes halogenated alkanes) is 2. The first-order valence-corrected chi connectivity index (χ1v) is 10.5. The molecule has 1 saturated heterocycles. The topological polar surface area (TPSA) is 91.8 Å². The Morgan fingerprint density at radius 1 is 1.40 bits per heavy atom. The van der Waals surface area contributed by atoms with Crippen LogP contribution in [0.2, 0.25) is 0 Å². The van der Waals surface area contributed by atoms with Crippen LogP contribution < -0.4 is 5.32 Å². The van der Waals surface area contributed by atoms with Crippen molar-refractivity contribution in [1.82, 2.24) is 9.88 Å². The number of rotatable bonds is 11. The lowest BCUT2D eigenvalue weighted by atomic mass is 10.0. The highest BCUT2D eigenvalue weighted by atomic mass is 79.9. The number of nitrogens with one attached hydrogen (secondary N) is 1. The second-order valence-corrected chi connectivity index (χ2v) is 8.06. The number of aryl methyl sites for hydroxylation is 1. The van der Waals surface area contributed by atoms with Crippen molar-refractivity contribution in [2.75, 3.05) is 25.1 Å². The molecule has 0 spiro atoms. The summed E-state index contributed by atoms with van der Waals surface area (Å²) in [6.45, 7) is 6.60. The summed E-state index contributed by atoms with van der Waals surface area (Å²) in [7, 11) is 0. The number of alkyl halides is 1. The molecule has 30 heavy (non-hydrogen) atoms. The fraction of sp³-hybridized carbons (Fsp3) is 0.476. The van der Waals surface area contributed by atoms with E-state index >= 15 is 4.39 Å². The van der Waals surface area contributed by atoms with E-state index in [1.807, 2.05) is 12.1 Å². The Morgan fingerprint density at radius 3 is 2.83 bits per heavy atom. The van der Waals surface area contributed by atoms with Crippen LogP contribution in [0.3, 0.4) is 0 Å². The second kappa shape index (κ2) is 11.2. The fourth-order valence-electron chi connectivity index (χ4n) is 3.38. The van der Waals surface area contributed by atoms with E-state index in [0.717, 1.165) is 29.7 Å². The van der Waals surface area contributed by atoms with Crippen LogP contribution in [0, 0.1) is 0 Å². The van der Waals surface area contributed by atoms with Gasteiger partial charge in [0.25, 0.3) is 0 Å². The molecule has 1 aliphatic rings. The minimum Gasteiger partial charge on any atom is -0.465 e. The molecular weight excluding hydrogens is 457 g/mol. The largest absolute Gasteiger partial charge is 0.465 e. The summed E-state index contributed by atoms with van der Waals surface area (Å²) in [6, 6.07) is 2.46. The summed E-state index contributed by atoms with van der Waals surface area (Å²) in [5.41, 5.74) is -1.11. The molecule has 1 aromatic heterocycles. The monoisotopic (exact) mass is 483 g/mol. The summed E-state index contributed by atoms with van der Waals surface area (Å²) in [6.07, 6.45) is 5.12. The first-order valence-electron chi connectivity index (χ1n) is 9.74. The van der Waals surface area contributed by atoms with Crippen LogP contribution in [-0.4, -0.2) is 58.5 Å². The predicted molar refractivity (Wildman–Crippen MR) is 116 cm³/mol. The molecule has 0 bridgehead atoms. The van der Waals surface area contributed by atoms with Gasteiger partial charge in [-0.25, -0.2) is 14.2 Å². The highest BCUT2D eigenvalue weighted by Crippen LogP contribution is 2.32. The molecule has 2 heterocycles. The number of carbonyl (C=O) groups excluding carboxylic acids is 1. The Balaban J connectivity index is 2.13. The first kappa shape index (κ1) is 24.0. The lowest BCUT2D eigenvalue weighted by molar-refractivity contribution is -0.120. The lowest BCUT2D eigenvalue weighted by Crippen LogP contribution is -2.43. The number of aromatic nitrogens is 1. The van der Waals surface area contributed by atoms with E-state index in [-0.39, 0.29) is 19.6 Å². The van der Waals surface area contributed by atoms with Gasteiger partial charge < -0.3 is 15.2 Å². The molecule has 0 saturated carbocycles. The standard InChI is InChI=1S/C21H27BrFN3O4/c1-3-5-6-7-8-15-9-10-17(22)24-18(15)25-19(27)16-12-21(23,14-30-11-4-2)13-26(16)20(28)29/h3-4,9-10,16H,1-2,5-8,11-14H2,(H,28,29)(H,24,25,27). The summed E-state index contributed by atoms with van der Waals surface area (Å²) >= 11 is 3.29. The third kappa shape index (κ3) is 6.63. The van der Waals surface area contributed by atoms with Crippen molar-refractivity contribution < 1.29 is 23.8 Å². The number of pyridine rings is 1. The number of carboxylic acid groups (broad SMARTS) is 1. The molecule has 7 nitrogen and oxygen atoms in total. The van der Waals surface area contributed by atoms with Crippen molar-refractivity contribution in [3.63, 3.8) is 0 Å². The second-order valence-electron chi connectivity index (χ2n) is 7.25. The number of amides is 2. The van der Waals surface area contributed by atoms with Crippen LogP contribution in [0.4, 0.5) is 15.0 Å². The van der Waals surface area contributed by atoms with E-state index in [0.29, 0.717) is 16.8 Å². The molecule has 2 unspecified atom stereocenters. The van der Waals surface area contributed by atoms with Crippen molar-refractivity contribution in [2.24, 2.45) is 0 Å². The Bertz CT molecular complexity index is 792. The maximum Gasteiger partial charge on any atom is 0.408 e. The number of likely N-dealkylation sites (tertiary alicyclic amines) is 1. The number of carbonyl (C=O) groups is 2. The van der Waals surface area contributed by atoms with E-state index in [1.54, 1.807) is 6.07 Å². The summed E-state index contributed by atoms with van der Waals surface area (Å²) in [4.78, 5) is 29.6. The van der Waals surface area contributed by atoms with E-state index in [2.05, 4.69) is 39.4 Å². The summed E-state index contributed by atoms with van der Waals surface area (Å²) in [5, 5.41) is 12.2. The van der Waals surface area contributed by atoms with Crippen molar-refractivity contribution in [3.05, 3.63) is 47.6 Å². The molecule has 0 aliphatic carbocycles. The van der Waals surface area contributed by atoms with Gasteiger partial charge in [-0.05, 0) is 53.2 Å². The zero-order chi connectivity index (χ0) is 22.1. The Hall–Kier alpha value is -2.26. The third-order valence-corrected chi connectivity index (χ3v) is 5.27. The third-order valence-electron chi connectivity index (χ3n) is 4.82. The molecule has 0 radical (unpaired) electrons. The molecule has 2 amide bonds. The van der Waals surface area contributed by atoms with Gasteiger partial charge in [-0.2, -0.15) is 0 Å². The van der Waals surface area contributed by atoms with Crippen molar-refractivity contribution in [2.45, 2.75) is 43.8 Å². The quantitative estimate of drug-likeness (QED) is 0.277. The smallest absolute Gasteiger partial charge is 0.408 e.